The van der Waals surface area contributed by atoms with Crippen LogP contribution in [0.25, 0.3) is 0 Å². The van der Waals surface area contributed by atoms with Gasteiger partial charge in [-0.25, -0.2) is 4.57 Å². The van der Waals surface area contributed by atoms with E-state index in [0.717, 1.165) is 38.5 Å². The summed E-state index contributed by atoms with van der Waals surface area (Å²) >= 11 is 0. The van der Waals surface area contributed by atoms with E-state index in [-0.39, 0.29) is 19.4 Å². The second-order valence-corrected chi connectivity index (χ2v) is 17.2. The van der Waals surface area contributed by atoms with Crippen LogP contribution in [0.3, 0.4) is 0 Å². The molecule has 0 radical (unpaired) electrons. The molecule has 0 aliphatic heterocycles. The molecule has 0 aromatic rings. The lowest BCUT2D eigenvalue weighted by Gasteiger charge is -2.20. The Hall–Kier alpha value is -1.29. The van der Waals surface area contributed by atoms with Crippen LogP contribution in [-0.4, -0.2) is 65.7 Å². The number of aliphatic hydroxyl groups is 2. The van der Waals surface area contributed by atoms with E-state index in [2.05, 4.69) is 26.0 Å². The standard InChI is InChI=1S/C45H87O10P/c1-3-5-7-9-11-13-15-17-19-20-21-23-25-27-29-31-33-35-37-45(49)55-43(41-54-56(50,51)53-39-42(47)38-46)40-52-44(48)36-34-32-30-28-26-24-22-18-16-14-12-10-8-6-4-2/h26,28,42-43,46-47H,3-25,27,29-41H2,1-2H3,(H,50,51)/b28-26+/t42-,43+/m0/s1. The number of esters is 2. The molecule has 10 nitrogen and oxygen atoms in total. The fourth-order valence-electron chi connectivity index (χ4n) is 6.58. The average molecular weight is 819 g/mol. The van der Waals surface area contributed by atoms with Gasteiger partial charge in [0, 0.05) is 12.8 Å². The van der Waals surface area contributed by atoms with Crippen LogP contribution >= 0.6 is 7.82 Å². The van der Waals surface area contributed by atoms with Crippen molar-refractivity contribution in [3.8, 4) is 0 Å². The summed E-state index contributed by atoms with van der Waals surface area (Å²) in [6, 6.07) is 0. The molecule has 11 heteroatoms. The summed E-state index contributed by atoms with van der Waals surface area (Å²) in [6.07, 6.45) is 40.4. The van der Waals surface area contributed by atoms with E-state index in [1.165, 1.54) is 148 Å². The minimum absolute atomic E-state index is 0.186. The maximum Gasteiger partial charge on any atom is 0.472 e. The average Bonchev–Trinajstić information content (AvgIpc) is 3.19. The van der Waals surface area contributed by atoms with Gasteiger partial charge in [-0.1, -0.05) is 187 Å². The highest BCUT2D eigenvalue weighted by Gasteiger charge is 2.27. The van der Waals surface area contributed by atoms with Gasteiger partial charge < -0.3 is 24.6 Å². The van der Waals surface area contributed by atoms with E-state index >= 15 is 0 Å². The number of hydrogen-bond acceptors (Lipinski definition) is 9. The van der Waals surface area contributed by atoms with Crippen LogP contribution in [0.4, 0.5) is 0 Å². The van der Waals surface area contributed by atoms with Gasteiger partial charge in [0.15, 0.2) is 6.10 Å². The predicted molar refractivity (Wildman–Crippen MR) is 229 cm³/mol. The molecule has 3 atom stereocenters. The third-order valence-corrected chi connectivity index (χ3v) is 11.1. The highest BCUT2D eigenvalue weighted by Crippen LogP contribution is 2.43. The maximum absolute atomic E-state index is 12.6. The largest absolute Gasteiger partial charge is 0.472 e. The summed E-state index contributed by atoms with van der Waals surface area (Å²) in [7, 11) is -4.62. The van der Waals surface area contributed by atoms with Gasteiger partial charge in [0.25, 0.3) is 0 Å². The Labute approximate surface area is 343 Å². The van der Waals surface area contributed by atoms with E-state index in [4.69, 9.17) is 23.6 Å². The molecule has 0 saturated carbocycles. The minimum Gasteiger partial charge on any atom is -0.462 e. The number of carbonyl (C=O) groups is 2. The van der Waals surface area contributed by atoms with E-state index < -0.39 is 51.8 Å². The number of carbonyl (C=O) groups excluding carboxylic acids is 2. The van der Waals surface area contributed by atoms with Crippen LogP contribution in [0, 0.1) is 0 Å². The van der Waals surface area contributed by atoms with E-state index in [1.54, 1.807) is 0 Å². The third kappa shape index (κ3) is 40.9. The molecular weight excluding hydrogens is 731 g/mol. The van der Waals surface area contributed by atoms with Crippen molar-refractivity contribution in [3.05, 3.63) is 12.2 Å². The first-order valence-corrected chi connectivity index (χ1v) is 24.6. The first-order valence-electron chi connectivity index (χ1n) is 23.1. The Bertz CT molecular complexity index is 946. The Morgan fingerprint density at radius 2 is 0.875 bits per heavy atom. The molecule has 0 aromatic heterocycles. The molecule has 0 amide bonds. The van der Waals surface area contributed by atoms with Crippen molar-refractivity contribution >= 4 is 19.8 Å². The molecule has 0 spiro atoms. The summed E-state index contributed by atoms with van der Waals surface area (Å²) < 4.78 is 32.7. The second-order valence-electron chi connectivity index (χ2n) is 15.8. The molecule has 0 fully saturated rings. The molecule has 56 heavy (non-hydrogen) atoms. The van der Waals surface area contributed by atoms with Crippen LogP contribution in [0.15, 0.2) is 12.2 Å². The first-order chi connectivity index (χ1) is 27.2. The fourth-order valence-corrected chi connectivity index (χ4v) is 7.37. The Kier molecular flexibility index (Phi) is 40.9. The van der Waals surface area contributed by atoms with E-state index in [9.17, 15) is 24.2 Å². The predicted octanol–water partition coefficient (Wildman–Crippen LogP) is 12.4. The van der Waals surface area contributed by atoms with Gasteiger partial charge in [-0.15, -0.1) is 0 Å². The molecule has 0 aromatic carbocycles. The quantitative estimate of drug-likeness (QED) is 0.0235. The Morgan fingerprint density at radius 1 is 0.518 bits per heavy atom. The topological polar surface area (TPSA) is 149 Å². The zero-order valence-electron chi connectivity index (χ0n) is 36.1. The van der Waals surface area contributed by atoms with Crippen LogP contribution in [-0.2, 0) is 32.7 Å². The molecule has 0 heterocycles. The van der Waals surface area contributed by atoms with Crippen molar-refractivity contribution in [3.63, 3.8) is 0 Å². The lowest BCUT2D eigenvalue weighted by atomic mass is 10.0. The van der Waals surface area contributed by atoms with Crippen LogP contribution in [0.1, 0.15) is 226 Å². The third-order valence-electron chi connectivity index (χ3n) is 10.2. The second kappa shape index (κ2) is 41.9. The Balaban J connectivity index is 4.24. The molecule has 0 aliphatic carbocycles. The number of ether oxygens (including phenoxy) is 2. The number of unbranched alkanes of at least 4 members (excludes halogenated alkanes) is 28. The SMILES string of the molecule is CCCCCCCCCCC/C=C/CCCCC(=O)OC[C@H](COP(=O)(O)OC[C@@H](O)CO)OC(=O)CCCCCCCCCCCCCCCCCCCC. The summed E-state index contributed by atoms with van der Waals surface area (Å²) in [5, 5.41) is 18.3. The molecule has 1 unspecified atom stereocenters. The van der Waals surface area contributed by atoms with Crippen LogP contribution in [0.5, 0.6) is 0 Å². The van der Waals surface area contributed by atoms with Gasteiger partial charge in [0.05, 0.1) is 19.8 Å². The number of rotatable bonds is 44. The summed E-state index contributed by atoms with van der Waals surface area (Å²) in [5.74, 6) is -0.938. The van der Waals surface area contributed by atoms with Gasteiger partial charge in [-0.2, -0.15) is 0 Å². The van der Waals surface area contributed by atoms with Crippen molar-refractivity contribution in [2.45, 2.75) is 238 Å². The minimum atomic E-state index is -4.62. The molecule has 3 N–H and O–H groups in total. The summed E-state index contributed by atoms with van der Waals surface area (Å²) in [4.78, 5) is 35.0. The highest BCUT2D eigenvalue weighted by atomic mass is 31.2. The zero-order valence-corrected chi connectivity index (χ0v) is 37.0. The van der Waals surface area contributed by atoms with Crippen LogP contribution < -0.4 is 0 Å². The molecule has 0 aliphatic rings. The summed E-state index contributed by atoms with van der Waals surface area (Å²) in [5.41, 5.74) is 0. The molecule has 0 rings (SSSR count). The molecule has 0 bridgehead atoms. The number of hydrogen-bond donors (Lipinski definition) is 3. The maximum atomic E-state index is 12.6. The monoisotopic (exact) mass is 819 g/mol. The smallest absolute Gasteiger partial charge is 0.462 e. The normalized spacial score (nSPS) is 13.9. The molecule has 0 saturated heterocycles. The van der Waals surface area contributed by atoms with Gasteiger partial charge in [0.2, 0.25) is 0 Å². The Morgan fingerprint density at radius 3 is 1.32 bits per heavy atom. The van der Waals surface area contributed by atoms with Crippen molar-refractivity contribution in [1.82, 2.24) is 0 Å². The number of aliphatic hydroxyl groups excluding tert-OH is 2. The zero-order chi connectivity index (χ0) is 41.2. The van der Waals surface area contributed by atoms with Crippen molar-refractivity contribution in [2.75, 3.05) is 26.4 Å². The number of allylic oxidation sites excluding steroid dienone is 2. The van der Waals surface area contributed by atoms with Crippen molar-refractivity contribution in [2.24, 2.45) is 0 Å². The lowest BCUT2D eigenvalue weighted by Crippen LogP contribution is -2.29. The lowest BCUT2D eigenvalue weighted by molar-refractivity contribution is -0.161. The van der Waals surface area contributed by atoms with Gasteiger partial charge in [-0.3, -0.25) is 18.6 Å². The van der Waals surface area contributed by atoms with Crippen LogP contribution in [0.2, 0.25) is 0 Å². The molecule has 332 valence electrons. The number of phosphoric acid groups is 1. The van der Waals surface area contributed by atoms with E-state index in [1.807, 2.05) is 0 Å². The van der Waals surface area contributed by atoms with Gasteiger partial charge >= 0.3 is 19.8 Å². The van der Waals surface area contributed by atoms with Gasteiger partial charge in [-0.05, 0) is 38.5 Å². The fraction of sp³-hybridized carbons (Fsp3) is 0.911. The van der Waals surface area contributed by atoms with Crippen molar-refractivity contribution in [1.29, 1.82) is 0 Å². The highest BCUT2D eigenvalue weighted by molar-refractivity contribution is 7.47. The number of phosphoric ester groups is 1. The summed E-state index contributed by atoms with van der Waals surface area (Å²) in [6.45, 7) is 2.40. The van der Waals surface area contributed by atoms with E-state index in [0.29, 0.717) is 12.8 Å². The first kappa shape index (κ1) is 54.7. The van der Waals surface area contributed by atoms with Gasteiger partial charge in [0.1, 0.15) is 12.7 Å². The van der Waals surface area contributed by atoms with Crippen molar-refractivity contribution < 1.29 is 47.8 Å². The molecular formula is C45H87O10P.